The predicted molar refractivity (Wildman–Crippen MR) is 29.6 cm³/mol. The molecule has 0 unspecified atom stereocenters. The lowest BCUT2D eigenvalue weighted by Crippen LogP contribution is -1.89. The molecule has 0 heterocycles. The highest BCUT2D eigenvalue weighted by Gasteiger charge is 1.92. The van der Waals surface area contributed by atoms with Crippen LogP contribution in [-0.2, 0) is 0 Å². The van der Waals surface area contributed by atoms with Crippen molar-refractivity contribution in [1.29, 1.82) is 0 Å². The molecular weight excluding hydrogens is 95.5 g/mol. The SMILES string of the molecule is [CH2]CC(Cl)C[CH2]. The first-order chi connectivity index (χ1) is 2.81. The maximum absolute atomic E-state index is 5.52. The van der Waals surface area contributed by atoms with Crippen LogP contribution in [0.15, 0.2) is 0 Å². The van der Waals surface area contributed by atoms with Crippen LogP contribution >= 0.6 is 11.6 Å². The van der Waals surface area contributed by atoms with Gasteiger partial charge in [0.05, 0.1) is 0 Å². The largest absolute Gasteiger partial charge is 0.123 e. The fourth-order valence-corrected chi connectivity index (χ4v) is 0.144. The maximum Gasteiger partial charge on any atom is 0.0336 e. The lowest BCUT2D eigenvalue weighted by Gasteiger charge is -1.95. The number of rotatable bonds is 2. The van der Waals surface area contributed by atoms with Gasteiger partial charge in [-0.15, -0.1) is 11.6 Å². The molecule has 1 heteroatoms. The molecule has 0 bridgehead atoms. The topological polar surface area (TPSA) is 0 Å². The average molecular weight is 105 g/mol. The first kappa shape index (κ1) is 6.29. The van der Waals surface area contributed by atoms with Gasteiger partial charge in [0.2, 0.25) is 0 Å². The van der Waals surface area contributed by atoms with E-state index in [1.54, 1.807) is 0 Å². The van der Waals surface area contributed by atoms with E-state index in [1.807, 2.05) is 0 Å². The van der Waals surface area contributed by atoms with Crippen molar-refractivity contribution in [2.24, 2.45) is 0 Å². The van der Waals surface area contributed by atoms with Gasteiger partial charge in [-0.3, -0.25) is 0 Å². The summed E-state index contributed by atoms with van der Waals surface area (Å²) >= 11 is 5.52. The van der Waals surface area contributed by atoms with Gasteiger partial charge in [-0.2, -0.15) is 0 Å². The molecule has 0 aliphatic carbocycles. The summed E-state index contributed by atoms with van der Waals surface area (Å²) in [5.41, 5.74) is 0. The van der Waals surface area contributed by atoms with Crippen molar-refractivity contribution in [2.75, 3.05) is 0 Å². The second kappa shape index (κ2) is 3.48. The van der Waals surface area contributed by atoms with Gasteiger partial charge in [-0.25, -0.2) is 0 Å². The molecule has 6 heavy (non-hydrogen) atoms. The van der Waals surface area contributed by atoms with Crippen molar-refractivity contribution in [3.8, 4) is 0 Å². The Hall–Kier alpha value is 0.290. The van der Waals surface area contributed by atoms with E-state index in [1.165, 1.54) is 0 Å². The van der Waals surface area contributed by atoms with E-state index in [4.69, 9.17) is 11.6 Å². The van der Waals surface area contributed by atoms with Crippen molar-refractivity contribution in [3.05, 3.63) is 13.8 Å². The van der Waals surface area contributed by atoms with E-state index >= 15 is 0 Å². The Balaban J connectivity index is 2.75. The van der Waals surface area contributed by atoms with Gasteiger partial charge in [0, 0.05) is 5.38 Å². The molecule has 0 saturated carbocycles. The third kappa shape index (κ3) is 2.52. The Labute approximate surface area is 44.5 Å². The summed E-state index contributed by atoms with van der Waals surface area (Å²) in [6.07, 6.45) is 1.57. The van der Waals surface area contributed by atoms with Gasteiger partial charge >= 0.3 is 0 Å². The minimum atomic E-state index is 0.185. The highest BCUT2D eigenvalue weighted by atomic mass is 35.5. The molecule has 36 valence electrons. The van der Waals surface area contributed by atoms with Gasteiger partial charge in [-0.1, -0.05) is 13.8 Å². The summed E-state index contributed by atoms with van der Waals surface area (Å²) in [7, 11) is 0. The van der Waals surface area contributed by atoms with Crippen molar-refractivity contribution in [1.82, 2.24) is 0 Å². The summed E-state index contributed by atoms with van der Waals surface area (Å²) in [6, 6.07) is 0. The predicted octanol–water partition coefficient (Wildman–Crippen LogP) is 2.04. The zero-order chi connectivity index (χ0) is 4.99. The quantitative estimate of drug-likeness (QED) is 0.471. The molecule has 0 saturated heterocycles. The van der Waals surface area contributed by atoms with Gasteiger partial charge in [-0.05, 0) is 12.8 Å². The first-order valence-corrected chi connectivity index (χ1v) is 2.47. The minimum Gasteiger partial charge on any atom is -0.123 e. The maximum atomic E-state index is 5.52. The highest BCUT2D eigenvalue weighted by molar-refractivity contribution is 6.20. The van der Waals surface area contributed by atoms with E-state index < -0.39 is 0 Å². The van der Waals surface area contributed by atoms with Gasteiger partial charge in [0.25, 0.3) is 0 Å². The number of halogens is 1. The van der Waals surface area contributed by atoms with Crippen LogP contribution in [0.3, 0.4) is 0 Å². The molecule has 0 aromatic rings. The molecule has 0 spiro atoms. The standard InChI is InChI=1S/C5H9Cl/c1-3-5(6)4-2/h5H,1-4H2. The summed E-state index contributed by atoms with van der Waals surface area (Å²) in [4.78, 5) is 0. The van der Waals surface area contributed by atoms with Gasteiger partial charge in [0.1, 0.15) is 0 Å². The molecule has 0 aliphatic rings. The van der Waals surface area contributed by atoms with E-state index in [9.17, 15) is 0 Å². The Morgan fingerprint density at radius 2 is 1.67 bits per heavy atom. The third-order valence-electron chi connectivity index (χ3n) is 0.626. The minimum absolute atomic E-state index is 0.185. The Kier molecular flexibility index (Phi) is 3.65. The van der Waals surface area contributed by atoms with Crippen LogP contribution < -0.4 is 0 Å². The normalized spacial score (nSPS) is 10.0. The monoisotopic (exact) mass is 104 g/mol. The van der Waals surface area contributed by atoms with E-state index in [0.717, 1.165) is 12.8 Å². The van der Waals surface area contributed by atoms with Gasteiger partial charge in [0.15, 0.2) is 0 Å². The summed E-state index contributed by atoms with van der Waals surface area (Å²) in [5.74, 6) is 0. The van der Waals surface area contributed by atoms with E-state index in [0.29, 0.717) is 0 Å². The lowest BCUT2D eigenvalue weighted by atomic mass is 10.3. The zero-order valence-corrected chi connectivity index (χ0v) is 4.54. The molecular formula is C5H9Cl. The fraction of sp³-hybridized carbons (Fsp3) is 0.600. The molecule has 0 nitrogen and oxygen atoms in total. The van der Waals surface area contributed by atoms with Crippen molar-refractivity contribution >= 4 is 11.6 Å². The second-order valence-corrected chi connectivity index (χ2v) is 1.79. The zero-order valence-electron chi connectivity index (χ0n) is 3.78. The third-order valence-corrected chi connectivity index (χ3v) is 1.06. The van der Waals surface area contributed by atoms with Crippen LogP contribution in [0.1, 0.15) is 12.8 Å². The fourth-order valence-electron chi connectivity index (χ4n) is 0.144. The van der Waals surface area contributed by atoms with Crippen molar-refractivity contribution in [2.45, 2.75) is 18.2 Å². The summed E-state index contributed by atoms with van der Waals surface area (Å²) in [6.45, 7) is 7.17. The number of alkyl halides is 1. The molecule has 0 rings (SSSR count). The Morgan fingerprint density at radius 3 is 1.67 bits per heavy atom. The van der Waals surface area contributed by atoms with Crippen LogP contribution in [0.5, 0.6) is 0 Å². The van der Waals surface area contributed by atoms with Crippen molar-refractivity contribution in [3.63, 3.8) is 0 Å². The molecule has 0 aromatic heterocycles. The molecule has 0 fully saturated rings. The van der Waals surface area contributed by atoms with Crippen LogP contribution in [0, 0.1) is 13.8 Å². The molecule has 0 atom stereocenters. The van der Waals surface area contributed by atoms with Crippen LogP contribution in [0.4, 0.5) is 0 Å². The lowest BCUT2D eigenvalue weighted by molar-refractivity contribution is 0.874. The number of hydrogen-bond acceptors (Lipinski definition) is 0. The highest BCUT2D eigenvalue weighted by Crippen LogP contribution is 2.02. The molecule has 2 radical (unpaired) electrons. The summed E-state index contributed by atoms with van der Waals surface area (Å²) < 4.78 is 0. The Morgan fingerprint density at radius 1 is 1.33 bits per heavy atom. The number of hydrogen-bond donors (Lipinski definition) is 0. The van der Waals surface area contributed by atoms with Crippen molar-refractivity contribution < 1.29 is 0 Å². The smallest absolute Gasteiger partial charge is 0.0336 e. The van der Waals surface area contributed by atoms with Crippen LogP contribution in [0.25, 0.3) is 0 Å². The van der Waals surface area contributed by atoms with Crippen LogP contribution in [0.2, 0.25) is 0 Å². The van der Waals surface area contributed by atoms with E-state index in [2.05, 4.69) is 13.8 Å². The van der Waals surface area contributed by atoms with Gasteiger partial charge < -0.3 is 0 Å². The first-order valence-electron chi connectivity index (χ1n) is 2.03. The molecule has 0 amide bonds. The van der Waals surface area contributed by atoms with E-state index in [-0.39, 0.29) is 5.38 Å². The molecule has 0 N–H and O–H groups in total. The molecule has 0 aromatic carbocycles. The summed E-state index contributed by atoms with van der Waals surface area (Å²) in [5, 5.41) is 0.185. The second-order valence-electron chi connectivity index (χ2n) is 1.17. The average Bonchev–Trinajstić information content (AvgIpc) is 1.65. The Bertz CT molecular complexity index is 23.1. The molecule has 0 aliphatic heterocycles. The van der Waals surface area contributed by atoms with Crippen LogP contribution in [-0.4, -0.2) is 5.38 Å².